The highest BCUT2D eigenvalue weighted by atomic mass is 79.9. The van der Waals surface area contributed by atoms with Crippen molar-refractivity contribution in [2.24, 2.45) is 0 Å². The minimum atomic E-state index is -3.40. The third-order valence-corrected chi connectivity index (χ3v) is 5.12. The van der Waals surface area contributed by atoms with Crippen molar-refractivity contribution in [3.8, 4) is 5.75 Å². The molecule has 122 valence electrons. The van der Waals surface area contributed by atoms with Gasteiger partial charge in [0.1, 0.15) is 11.4 Å². The molecule has 0 aromatic heterocycles. The monoisotopic (exact) mass is 390 g/mol. The highest BCUT2D eigenvalue weighted by molar-refractivity contribution is 9.10. The first-order valence-electron chi connectivity index (χ1n) is 6.70. The van der Waals surface area contributed by atoms with Crippen LogP contribution in [-0.4, -0.2) is 50.6 Å². The highest BCUT2D eigenvalue weighted by Crippen LogP contribution is 2.38. The minimum Gasteiger partial charge on any atom is -0.484 e. The molecule has 0 unspecified atom stereocenters. The van der Waals surface area contributed by atoms with Crippen LogP contribution in [0.5, 0.6) is 5.75 Å². The summed E-state index contributed by atoms with van der Waals surface area (Å²) in [5, 5.41) is 0. The molecule has 6 nitrogen and oxygen atoms in total. The van der Waals surface area contributed by atoms with Crippen LogP contribution in [0.1, 0.15) is 13.8 Å². The lowest BCUT2D eigenvalue weighted by Gasteiger charge is -2.40. The molecule has 0 saturated heterocycles. The van der Waals surface area contributed by atoms with Crippen LogP contribution in [-0.2, 0) is 14.8 Å². The van der Waals surface area contributed by atoms with Crippen LogP contribution >= 0.6 is 15.9 Å². The van der Waals surface area contributed by atoms with E-state index < -0.39 is 15.6 Å². The fourth-order valence-electron chi connectivity index (χ4n) is 2.20. The van der Waals surface area contributed by atoms with Gasteiger partial charge in [-0.1, -0.05) is 15.9 Å². The van der Waals surface area contributed by atoms with Gasteiger partial charge in [-0.25, -0.2) is 8.42 Å². The zero-order chi connectivity index (χ0) is 16.7. The van der Waals surface area contributed by atoms with Gasteiger partial charge in [0.05, 0.1) is 25.0 Å². The van der Waals surface area contributed by atoms with Crippen molar-refractivity contribution in [3.63, 3.8) is 0 Å². The zero-order valence-electron chi connectivity index (χ0n) is 13.0. The SMILES string of the molecule is CN(CC(=O)N1CC(C)(C)Oc2cc(Br)ccc21)S(C)(=O)=O. The predicted octanol–water partition coefficient (Wildman–Crippen LogP) is 1.84. The number of likely N-dealkylation sites (N-methyl/N-ethyl adjacent to an activating group) is 1. The standard InChI is InChI=1S/C14H19BrN2O4S/c1-14(2)9-17(13(18)8-16(3)22(4,19)20)11-6-5-10(15)7-12(11)21-14/h5-7H,8-9H2,1-4H3. The van der Waals surface area contributed by atoms with Crippen LogP contribution in [0.2, 0.25) is 0 Å². The van der Waals surface area contributed by atoms with Crippen LogP contribution in [0.25, 0.3) is 0 Å². The molecule has 1 aliphatic heterocycles. The number of ether oxygens (including phenoxy) is 1. The molecule has 0 radical (unpaired) electrons. The number of hydrogen-bond acceptors (Lipinski definition) is 4. The Hall–Kier alpha value is -1.12. The fourth-order valence-corrected chi connectivity index (χ4v) is 2.89. The van der Waals surface area contributed by atoms with Crippen LogP contribution in [0.3, 0.4) is 0 Å². The first-order chi connectivity index (χ1) is 9.99. The molecule has 0 fully saturated rings. The molecule has 2 rings (SSSR count). The number of amides is 1. The number of carbonyl (C=O) groups is 1. The number of rotatable bonds is 3. The van der Waals surface area contributed by atoms with E-state index in [1.165, 1.54) is 7.05 Å². The van der Waals surface area contributed by atoms with Gasteiger partial charge >= 0.3 is 0 Å². The first kappa shape index (κ1) is 17.2. The van der Waals surface area contributed by atoms with Gasteiger partial charge in [0, 0.05) is 11.5 Å². The Morgan fingerprint density at radius 2 is 2.09 bits per heavy atom. The van der Waals surface area contributed by atoms with E-state index in [1.807, 2.05) is 19.9 Å². The quantitative estimate of drug-likeness (QED) is 0.789. The third kappa shape index (κ3) is 3.80. The lowest BCUT2D eigenvalue weighted by atomic mass is 10.0. The van der Waals surface area contributed by atoms with E-state index in [0.29, 0.717) is 18.0 Å². The summed E-state index contributed by atoms with van der Waals surface area (Å²) in [6.07, 6.45) is 1.08. The summed E-state index contributed by atoms with van der Waals surface area (Å²) in [4.78, 5) is 14.1. The second-order valence-electron chi connectivity index (χ2n) is 5.97. The molecule has 0 spiro atoms. The van der Waals surface area contributed by atoms with Gasteiger partial charge in [0.15, 0.2) is 0 Å². The number of nitrogens with zero attached hydrogens (tertiary/aromatic N) is 2. The predicted molar refractivity (Wildman–Crippen MR) is 88.7 cm³/mol. The third-order valence-electron chi connectivity index (χ3n) is 3.36. The van der Waals surface area contributed by atoms with Crippen LogP contribution in [0, 0.1) is 0 Å². The van der Waals surface area contributed by atoms with Crippen LogP contribution in [0.4, 0.5) is 5.69 Å². The Bertz CT molecular complexity index is 703. The summed E-state index contributed by atoms with van der Waals surface area (Å²) in [5.41, 5.74) is 0.0991. The molecule has 1 aliphatic rings. The van der Waals surface area contributed by atoms with Crippen LogP contribution in [0.15, 0.2) is 22.7 Å². The number of hydrogen-bond donors (Lipinski definition) is 0. The fraction of sp³-hybridized carbons (Fsp3) is 0.500. The number of anilines is 1. The van der Waals surface area contributed by atoms with Gasteiger partial charge in [-0.15, -0.1) is 0 Å². The van der Waals surface area contributed by atoms with E-state index in [2.05, 4.69) is 15.9 Å². The second kappa shape index (κ2) is 5.82. The summed E-state index contributed by atoms with van der Waals surface area (Å²) < 4.78 is 30.8. The number of carbonyl (C=O) groups excluding carboxylic acids is 1. The van der Waals surface area contributed by atoms with E-state index in [0.717, 1.165) is 15.0 Å². The topological polar surface area (TPSA) is 66.9 Å². The summed E-state index contributed by atoms with van der Waals surface area (Å²) in [6.45, 7) is 3.93. The molecular formula is C14H19BrN2O4S. The van der Waals surface area contributed by atoms with E-state index >= 15 is 0 Å². The molecule has 8 heteroatoms. The molecule has 0 N–H and O–H groups in total. The smallest absolute Gasteiger partial charge is 0.242 e. The number of sulfonamides is 1. The summed E-state index contributed by atoms with van der Waals surface area (Å²) in [6, 6.07) is 5.41. The second-order valence-corrected chi connectivity index (χ2v) is 8.98. The Morgan fingerprint density at radius 1 is 1.45 bits per heavy atom. The molecule has 1 aromatic carbocycles. The lowest BCUT2D eigenvalue weighted by Crippen LogP contribution is -2.51. The minimum absolute atomic E-state index is 0.204. The van der Waals surface area contributed by atoms with Crippen molar-refractivity contribution in [1.29, 1.82) is 0 Å². The Kier molecular flexibility index (Phi) is 4.56. The van der Waals surface area contributed by atoms with Gasteiger partial charge in [0.2, 0.25) is 15.9 Å². The summed E-state index contributed by atoms with van der Waals surface area (Å²) in [5.74, 6) is 0.314. The zero-order valence-corrected chi connectivity index (χ0v) is 15.4. The van der Waals surface area contributed by atoms with Gasteiger partial charge in [0.25, 0.3) is 0 Å². The molecular weight excluding hydrogens is 372 g/mol. The van der Waals surface area contributed by atoms with Crippen molar-refractivity contribution < 1.29 is 17.9 Å². The number of halogens is 1. The molecule has 0 bridgehead atoms. The summed E-state index contributed by atoms with van der Waals surface area (Å²) in [7, 11) is -2.01. The average Bonchev–Trinajstić information content (AvgIpc) is 2.34. The maximum atomic E-state index is 12.5. The largest absolute Gasteiger partial charge is 0.484 e. The molecule has 1 amide bonds. The van der Waals surface area contributed by atoms with E-state index in [4.69, 9.17) is 4.74 Å². The maximum absolute atomic E-state index is 12.5. The summed E-state index contributed by atoms with van der Waals surface area (Å²) >= 11 is 3.38. The van der Waals surface area contributed by atoms with Gasteiger partial charge in [-0.3, -0.25) is 4.79 Å². The Balaban J connectivity index is 2.33. The van der Waals surface area contributed by atoms with Crippen molar-refractivity contribution >= 4 is 37.5 Å². The normalized spacial score (nSPS) is 17.1. The first-order valence-corrected chi connectivity index (χ1v) is 9.34. The van der Waals surface area contributed by atoms with Crippen molar-refractivity contribution in [3.05, 3.63) is 22.7 Å². The Labute approximate surface area is 139 Å². The number of benzene rings is 1. The highest BCUT2D eigenvalue weighted by Gasteiger charge is 2.35. The van der Waals surface area contributed by atoms with Gasteiger partial charge < -0.3 is 9.64 Å². The van der Waals surface area contributed by atoms with E-state index in [9.17, 15) is 13.2 Å². The van der Waals surface area contributed by atoms with E-state index in [1.54, 1.807) is 17.0 Å². The average molecular weight is 391 g/mol. The molecule has 1 heterocycles. The van der Waals surface area contributed by atoms with Gasteiger partial charge in [-0.05, 0) is 32.0 Å². The lowest BCUT2D eigenvalue weighted by molar-refractivity contribution is -0.119. The van der Waals surface area contributed by atoms with Gasteiger partial charge in [-0.2, -0.15) is 4.31 Å². The molecule has 1 aromatic rings. The number of fused-ring (bicyclic) bond motifs is 1. The molecule has 0 saturated carbocycles. The van der Waals surface area contributed by atoms with Crippen molar-refractivity contribution in [1.82, 2.24) is 4.31 Å². The molecule has 22 heavy (non-hydrogen) atoms. The van der Waals surface area contributed by atoms with Crippen LogP contribution < -0.4 is 9.64 Å². The van der Waals surface area contributed by atoms with Crippen molar-refractivity contribution in [2.45, 2.75) is 19.4 Å². The van der Waals surface area contributed by atoms with E-state index in [-0.39, 0.29) is 12.5 Å². The molecule has 0 aliphatic carbocycles. The molecule has 0 atom stereocenters. The maximum Gasteiger partial charge on any atom is 0.242 e. The van der Waals surface area contributed by atoms with Crippen molar-refractivity contribution in [2.75, 3.05) is 31.3 Å². The Morgan fingerprint density at radius 3 is 2.68 bits per heavy atom.